The monoisotopic (exact) mass is 349 g/mol. The lowest BCUT2D eigenvalue weighted by Crippen LogP contribution is -2.24. The van der Waals surface area contributed by atoms with E-state index < -0.39 is 0 Å². The van der Waals surface area contributed by atoms with Crippen LogP contribution in [0.2, 0.25) is 0 Å². The first kappa shape index (κ1) is 16.7. The summed E-state index contributed by atoms with van der Waals surface area (Å²) < 4.78 is 1.67. The average molecular weight is 349 g/mol. The van der Waals surface area contributed by atoms with Crippen LogP contribution in [0.5, 0.6) is 0 Å². The van der Waals surface area contributed by atoms with Gasteiger partial charge in [-0.05, 0) is 42.5 Å². The van der Waals surface area contributed by atoms with Crippen LogP contribution in [0, 0.1) is 16.6 Å². The summed E-state index contributed by atoms with van der Waals surface area (Å²) in [7, 11) is 1.60. The van der Waals surface area contributed by atoms with Crippen molar-refractivity contribution >= 4 is 29.0 Å². The van der Waals surface area contributed by atoms with E-state index in [0.717, 1.165) is 5.56 Å². The standard InChI is InChI=1S/C19H15N3O2S/c1-22-18(24)15-10-9-14(12-16(15)21-19(22)25)17(23)20-11-5-8-13-6-3-2-4-7-13/h2-4,6-7,9-10,12H,11H2,1H3,(H,20,23)(H,21,25). The molecule has 2 aromatic carbocycles. The molecule has 0 spiro atoms. The first-order valence-electron chi connectivity index (χ1n) is 7.61. The van der Waals surface area contributed by atoms with Gasteiger partial charge in [0.15, 0.2) is 4.77 Å². The summed E-state index contributed by atoms with van der Waals surface area (Å²) in [6.07, 6.45) is 0. The maximum atomic E-state index is 12.2. The van der Waals surface area contributed by atoms with Gasteiger partial charge in [-0.3, -0.25) is 14.2 Å². The number of carbonyl (C=O) groups is 1. The fourth-order valence-electron chi connectivity index (χ4n) is 2.34. The van der Waals surface area contributed by atoms with E-state index in [1.165, 1.54) is 4.57 Å². The Hall–Kier alpha value is -3.17. The SMILES string of the molecule is Cn1c(=S)[nH]c2cc(C(=O)NCC#Cc3ccccc3)ccc2c1=O. The van der Waals surface area contributed by atoms with Crippen LogP contribution in [0.3, 0.4) is 0 Å². The van der Waals surface area contributed by atoms with Gasteiger partial charge in [0.1, 0.15) is 0 Å². The van der Waals surface area contributed by atoms with Crippen molar-refractivity contribution in [2.45, 2.75) is 0 Å². The zero-order valence-corrected chi connectivity index (χ0v) is 14.3. The third-order valence-electron chi connectivity index (χ3n) is 3.71. The minimum Gasteiger partial charge on any atom is -0.341 e. The lowest BCUT2D eigenvalue weighted by Gasteiger charge is -2.05. The van der Waals surface area contributed by atoms with E-state index in [4.69, 9.17) is 12.2 Å². The molecular weight excluding hydrogens is 334 g/mol. The van der Waals surface area contributed by atoms with Crippen LogP contribution < -0.4 is 10.9 Å². The van der Waals surface area contributed by atoms with Gasteiger partial charge in [0.25, 0.3) is 11.5 Å². The Morgan fingerprint density at radius 3 is 2.76 bits per heavy atom. The minimum atomic E-state index is -0.260. The molecule has 3 rings (SSSR count). The molecule has 124 valence electrons. The lowest BCUT2D eigenvalue weighted by atomic mass is 10.1. The zero-order valence-electron chi connectivity index (χ0n) is 13.5. The van der Waals surface area contributed by atoms with Crippen molar-refractivity contribution in [2.75, 3.05) is 6.54 Å². The number of carbonyl (C=O) groups excluding carboxylic acids is 1. The molecule has 2 N–H and O–H groups in total. The first-order valence-corrected chi connectivity index (χ1v) is 8.02. The summed E-state index contributed by atoms with van der Waals surface area (Å²) in [5.41, 5.74) is 1.68. The van der Waals surface area contributed by atoms with E-state index in [-0.39, 0.29) is 18.0 Å². The molecule has 0 atom stereocenters. The summed E-state index contributed by atoms with van der Waals surface area (Å²) >= 11 is 5.10. The summed E-state index contributed by atoms with van der Waals surface area (Å²) in [6.45, 7) is 0.234. The number of amides is 1. The third-order valence-corrected chi connectivity index (χ3v) is 4.08. The second-order valence-corrected chi connectivity index (χ2v) is 5.79. The normalized spacial score (nSPS) is 10.1. The van der Waals surface area contributed by atoms with Gasteiger partial charge in [0, 0.05) is 18.2 Å². The van der Waals surface area contributed by atoms with Crippen molar-refractivity contribution in [1.82, 2.24) is 14.9 Å². The Labute approximate surface area is 149 Å². The number of nitrogens with zero attached hydrogens (tertiary/aromatic N) is 1. The number of aromatic amines is 1. The van der Waals surface area contributed by atoms with Gasteiger partial charge in [-0.1, -0.05) is 30.0 Å². The van der Waals surface area contributed by atoms with Crippen LogP contribution in [0.4, 0.5) is 0 Å². The number of hydrogen-bond acceptors (Lipinski definition) is 3. The Balaban J connectivity index is 1.77. The predicted octanol–water partition coefficient (Wildman–Crippen LogP) is 2.38. The number of aromatic nitrogens is 2. The van der Waals surface area contributed by atoms with E-state index >= 15 is 0 Å². The van der Waals surface area contributed by atoms with Crippen LogP contribution in [0.1, 0.15) is 15.9 Å². The van der Waals surface area contributed by atoms with Crippen LogP contribution >= 0.6 is 12.2 Å². The molecule has 3 aromatic rings. The molecule has 0 unspecified atom stereocenters. The van der Waals surface area contributed by atoms with Gasteiger partial charge in [0.05, 0.1) is 17.4 Å². The van der Waals surface area contributed by atoms with Gasteiger partial charge in [0.2, 0.25) is 0 Å². The summed E-state index contributed by atoms with van der Waals surface area (Å²) in [4.78, 5) is 27.3. The Morgan fingerprint density at radius 1 is 1.24 bits per heavy atom. The Kier molecular flexibility index (Phi) is 4.78. The van der Waals surface area contributed by atoms with E-state index in [1.54, 1.807) is 25.2 Å². The molecule has 25 heavy (non-hydrogen) atoms. The van der Waals surface area contributed by atoms with E-state index in [2.05, 4.69) is 22.1 Å². The fraction of sp³-hybridized carbons (Fsp3) is 0.105. The van der Waals surface area contributed by atoms with E-state index in [0.29, 0.717) is 21.2 Å². The Morgan fingerprint density at radius 2 is 2.00 bits per heavy atom. The molecule has 5 nitrogen and oxygen atoms in total. The van der Waals surface area contributed by atoms with Crippen molar-refractivity contribution in [1.29, 1.82) is 0 Å². The molecule has 0 aliphatic heterocycles. The molecule has 0 bridgehead atoms. The number of H-pyrrole nitrogens is 1. The molecule has 6 heteroatoms. The van der Waals surface area contributed by atoms with Crippen LogP contribution in [-0.2, 0) is 7.05 Å². The molecule has 0 aliphatic carbocycles. The van der Waals surface area contributed by atoms with E-state index in [1.807, 2.05) is 30.3 Å². The molecule has 0 saturated heterocycles. The number of rotatable bonds is 2. The summed E-state index contributed by atoms with van der Waals surface area (Å²) in [6, 6.07) is 14.4. The molecule has 0 radical (unpaired) electrons. The summed E-state index contributed by atoms with van der Waals surface area (Å²) in [5, 5.41) is 3.22. The van der Waals surface area contributed by atoms with Gasteiger partial charge >= 0.3 is 0 Å². The largest absolute Gasteiger partial charge is 0.341 e. The number of benzene rings is 2. The molecule has 0 fully saturated rings. The van der Waals surface area contributed by atoms with Crippen molar-refractivity contribution in [3.05, 3.63) is 74.8 Å². The van der Waals surface area contributed by atoms with Crippen molar-refractivity contribution in [3.63, 3.8) is 0 Å². The van der Waals surface area contributed by atoms with Crippen molar-refractivity contribution in [2.24, 2.45) is 7.05 Å². The highest BCUT2D eigenvalue weighted by Crippen LogP contribution is 2.10. The second-order valence-electron chi connectivity index (χ2n) is 5.41. The maximum absolute atomic E-state index is 12.2. The molecule has 1 aromatic heterocycles. The van der Waals surface area contributed by atoms with Crippen molar-refractivity contribution in [3.8, 4) is 11.8 Å². The number of hydrogen-bond donors (Lipinski definition) is 2. The van der Waals surface area contributed by atoms with Crippen LogP contribution in [0.25, 0.3) is 10.9 Å². The van der Waals surface area contributed by atoms with Crippen molar-refractivity contribution < 1.29 is 4.79 Å². The maximum Gasteiger partial charge on any atom is 0.261 e. The van der Waals surface area contributed by atoms with Gasteiger partial charge < -0.3 is 10.3 Å². The van der Waals surface area contributed by atoms with Crippen LogP contribution in [0.15, 0.2) is 53.3 Å². The Bertz CT molecular complexity index is 1120. The first-order chi connectivity index (χ1) is 12.1. The average Bonchev–Trinajstić information content (AvgIpc) is 2.63. The fourth-order valence-corrected chi connectivity index (χ4v) is 2.53. The highest BCUT2D eigenvalue weighted by Gasteiger charge is 2.08. The smallest absolute Gasteiger partial charge is 0.261 e. The highest BCUT2D eigenvalue weighted by molar-refractivity contribution is 7.71. The molecular formula is C19H15N3O2S. The van der Waals surface area contributed by atoms with Gasteiger partial charge in [-0.25, -0.2) is 0 Å². The zero-order chi connectivity index (χ0) is 17.8. The predicted molar refractivity (Wildman–Crippen MR) is 100 cm³/mol. The minimum absolute atomic E-state index is 0.195. The molecule has 0 saturated carbocycles. The molecule has 1 amide bonds. The topological polar surface area (TPSA) is 66.9 Å². The lowest BCUT2D eigenvalue weighted by molar-refractivity contribution is 0.0959. The quantitative estimate of drug-likeness (QED) is 0.551. The second kappa shape index (κ2) is 7.16. The van der Waals surface area contributed by atoms with Gasteiger partial charge in [-0.2, -0.15) is 0 Å². The van der Waals surface area contributed by atoms with Gasteiger partial charge in [-0.15, -0.1) is 0 Å². The number of fused-ring (bicyclic) bond motifs is 1. The van der Waals surface area contributed by atoms with Crippen LogP contribution in [-0.4, -0.2) is 22.0 Å². The van der Waals surface area contributed by atoms with E-state index in [9.17, 15) is 9.59 Å². The third kappa shape index (κ3) is 3.67. The number of nitrogens with one attached hydrogen (secondary N) is 2. The highest BCUT2D eigenvalue weighted by atomic mass is 32.1. The molecule has 1 heterocycles. The summed E-state index contributed by atoms with van der Waals surface area (Å²) in [5.74, 6) is 5.62. The molecule has 0 aliphatic rings.